The van der Waals surface area contributed by atoms with Crippen molar-refractivity contribution in [1.82, 2.24) is 0 Å². The van der Waals surface area contributed by atoms with Gasteiger partial charge in [0.2, 0.25) is 0 Å². The number of anilines is 1. The Labute approximate surface area is 119 Å². The Balaban J connectivity index is 2.38. The summed E-state index contributed by atoms with van der Waals surface area (Å²) in [4.78, 5) is 0.167. The molecule has 2 N–H and O–H groups in total. The zero-order chi connectivity index (χ0) is 14.9. The molecule has 0 fully saturated rings. The summed E-state index contributed by atoms with van der Waals surface area (Å²) in [5.74, 6) is -0.0410. The average Bonchev–Trinajstić information content (AvgIpc) is 2.40. The molecule has 0 radical (unpaired) electrons. The number of phenolic OH excluding ortho intramolecular Hbond substituents is 1. The molecule has 0 aliphatic carbocycles. The second-order valence-corrected chi connectivity index (χ2v) is 6.50. The summed E-state index contributed by atoms with van der Waals surface area (Å²) in [7, 11) is -3.69. The maximum atomic E-state index is 12.2. The van der Waals surface area contributed by atoms with Crippen molar-refractivity contribution >= 4 is 15.7 Å². The molecule has 0 saturated carbocycles. The molecule has 2 aromatic carbocycles. The molecule has 0 spiro atoms. The summed E-state index contributed by atoms with van der Waals surface area (Å²) in [5, 5.41) is 10.0. The third-order valence-electron chi connectivity index (χ3n) is 3.28. The van der Waals surface area contributed by atoms with Crippen molar-refractivity contribution < 1.29 is 13.5 Å². The number of sulfonamides is 1. The Morgan fingerprint density at radius 2 is 1.55 bits per heavy atom. The Morgan fingerprint density at radius 3 is 2.15 bits per heavy atom. The molecule has 0 atom stereocenters. The quantitative estimate of drug-likeness (QED) is 0.854. The maximum Gasteiger partial charge on any atom is 0.262 e. The molecule has 0 bridgehead atoms. The number of phenols is 1. The van der Waals surface area contributed by atoms with Crippen molar-refractivity contribution in [3.8, 4) is 5.75 Å². The Hall–Kier alpha value is -2.01. The summed E-state index contributed by atoms with van der Waals surface area (Å²) in [6.45, 7) is 5.49. The summed E-state index contributed by atoms with van der Waals surface area (Å²) in [6, 6.07) is 9.86. The van der Waals surface area contributed by atoms with Crippen molar-refractivity contribution in [2.24, 2.45) is 0 Å². The van der Waals surface area contributed by atoms with Crippen LogP contribution in [0.5, 0.6) is 5.75 Å². The Morgan fingerprint density at radius 1 is 0.950 bits per heavy atom. The van der Waals surface area contributed by atoms with Crippen LogP contribution in [0.25, 0.3) is 0 Å². The van der Waals surface area contributed by atoms with Gasteiger partial charge < -0.3 is 5.11 Å². The van der Waals surface area contributed by atoms with E-state index in [0.29, 0.717) is 5.56 Å². The minimum Gasteiger partial charge on any atom is -0.505 e. The molecule has 2 rings (SSSR count). The predicted octanol–water partition coefficient (Wildman–Crippen LogP) is 3.12. The number of hydrogen-bond donors (Lipinski definition) is 2. The topological polar surface area (TPSA) is 66.4 Å². The average molecular weight is 291 g/mol. The third-order valence-corrected chi connectivity index (χ3v) is 4.66. The number of hydrogen-bond acceptors (Lipinski definition) is 3. The highest BCUT2D eigenvalue weighted by molar-refractivity contribution is 7.92. The smallest absolute Gasteiger partial charge is 0.262 e. The predicted molar refractivity (Wildman–Crippen MR) is 79.6 cm³/mol. The van der Waals surface area contributed by atoms with Crippen LogP contribution in [0.3, 0.4) is 0 Å². The first-order valence-electron chi connectivity index (χ1n) is 6.20. The van der Waals surface area contributed by atoms with Gasteiger partial charge in [-0.15, -0.1) is 0 Å². The molecule has 0 amide bonds. The maximum absolute atomic E-state index is 12.2. The molecule has 0 saturated heterocycles. The van der Waals surface area contributed by atoms with E-state index in [9.17, 15) is 13.5 Å². The van der Waals surface area contributed by atoms with Crippen LogP contribution in [0.15, 0.2) is 41.3 Å². The van der Waals surface area contributed by atoms with Crippen molar-refractivity contribution in [2.75, 3.05) is 4.72 Å². The third kappa shape index (κ3) is 2.77. The highest BCUT2D eigenvalue weighted by atomic mass is 32.2. The van der Waals surface area contributed by atoms with Gasteiger partial charge in [0.15, 0.2) is 0 Å². The molecule has 2 aromatic rings. The molecule has 0 heterocycles. The lowest BCUT2D eigenvalue weighted by molar-refractivity contribution is 0.473. The van der Waals surface area contributed by atoms with E-state index in [1.807, 2.05) is 13.8 Å². The van der Waals surface area contributed by atoms with E-state index in [-0.39, 0.29) is 16.3 Å². The first-order valence-corrected chi connectivity index (χ1v) is 7.68. The van der Waals surface area contributed by atoms with Crippen LogP contribution in [0.4, 0.5) is 5.69 Å². The first kappa shape index (κ1) is 14.4. The van der Waals surface area contributed by atoms with Gasteiger partial charge in [0, 0.05) is 0 Å². The van der Waals surface area contributed by atoms with Crippen LogP contribution in [-0.4, -0.2) is 13.5 Å². The second kappa shape index (κ2) is 5.17. The van der Waals surface area contributed by atoms with E-state index >= 15 is 0 Å². The minimum atomic E-state index is -3.69. The van der Waals surface area contributed by atoms with Crippen LogP contribution >= 0.6 is 0 Å². The van der Waals surface area contributed by atoms with Gasteiger partial charge in [0.25, 0.3) is 10.0 Å². The van der Waals surface area contributed by atoms with E-state index in [1.165, 1.54) is 12.1 Å². The van der Waals surface area contributed by atoms with Crippen molar-refractivity contribution in [1.29, 1.82) is 0 Å². The Kier molecular flexibility index (Phi) is 3.72. The monoisotopic (exact) mass is 291 g/mol. The van der Waals surface area contributed by atoms with Crippen molar-refractivity contribution in [3.63, 3.8) is 0 Å². The van der Waals surface area contributed by atoms with E-state index in [2.05, 4.69) is 4.72 Å². The number of aromatic hydroxyl groups is 1. The lowest BCUT2D eigenvalue weighted by Crippen LogP contribution is -2.13. The Bertz CT molecular complexity index is 734. The summed E-state index contributed by atoms with van der Waals surface area (Å²) in [5.41, 5.74) is 2.74. The van der Waals surface area contributed by atoms with Crippen molar-refractivity contribution in [3.05, 3.63) is 53.1 Å². The molecule has 4 nitrogen and oxygen atoms in total. The molecule has 20 heavy (non-hydrogen) atoms. The molecule has 0 unspecified atom stereocenters. The fourth-order valence-corrected chi connectivity index (χ4v) is 2.87. The standard InChI is InChI=1S/C15H17NO3S/c1-10-4-7-13(8-5-10)20(18,19)16-14-9-6-11(2)12(3)15(14)17/h4-9,16-17H,1-3H3. The van der Waals surface area contributed by atoms with E-state index < -0.39 is 10.0 Å². The van der Waals surface area contributed by atoms with Gasteiger partial charge in [0.05, 0.1) is 10.6 Å². The van der Waals surface area contributed by atoms with Gasteiger partial charge in [-0.3, -0.25) is 4.72 Å². The van der Waals surface area contributed by atoms with Crippen LogP contribution in [0.1, 0.15) is 16.7 Å². The van der Waals surface area contributed by atoms with Gasteiger partial charge in [-0.2, -0.15) is 0 Å². The number of aryl methyl sites for hydroxylation is 2. The molecule has 0 aliphatic heterocycles. The van der Waals surface area contributed by atoms with E-state index in [0.717, 1.165) is 11.1 Å². The van der Waals surface area contributed by atoms with Crippen LogP contribution < -0.4 is 4.72 Å². The first-order chi connectivity index (χ1) is 9.31. The normalized spacial score (nSPS) is 11.3. The summed E-state index contributed by atoms with van der Waals surface area (Å²) in [6.07, 6.45) is 0. The minimum absolute atomic E-state index is 0.0410. The van der Waals surface area contributed by atoms with Gasteiger partial charge in [0.1, 0.15) is 5.75 Å². The van der Waals surface area contributed by atoms with Gasteiger partial charge >= 0.3 is 0 Å². The molecular weight excluding hydrogens is 274 g/mol. The van der Waals surface area contributed by atoms with Crippen LogP contribution in [0, 0.1) is 20.8 Å². The lowest BCUT2D eigenvalue weighted by atomic mass is 10.1. The van der Waals surface area contributed by atoms with E-state index in [4.69, 9.17) is 0 Å². The van der Waals surface area contributed by atoms with Crippen molar-refractivity contribution in [2.45, 2.75) is 25.7 Å². The molecule has 106 valence electrons. The van der Waals surface area contributed by atoms with E-state index in [1.54, 1.807) is 31.2 Å². The zero-order valence-corrected chi connectivity index (χ0v) is 12.5. The largest absolute Gasteiger partial charge is 0.505 e. The second-order valence-electron chi connectivity index (χ2n) is 4.82. The van der Waals surface area contributed by atoms with Gasteiger partial charge in [-0.25, -0.2) is 8.42 Å². The summed E-state index contributed by atoms with van der Waals surface area (Å²) >= 11 is 0. The fourth-order valence-electron chi connectivity index (χ4n) is 1.80. The SMILES string of the molecule is Cc1ccc(S(=O)(=O)Nc2ccc(C)c(C)c2O)cc1. The highest BCUT2D eigenvalue weighted by Crippen LogP contribution is 2.31. The molecular formula is C15H17NO3S. The highest BCUT2D eigenvalue weighted by Gasteiger charge is 2.17. The van der Waals surface area contributed by atoms with Gasteiger partial charge in [-0.05, 0) is 50.1 Å². The number of nitrogens with one attached hydrogen (secondary N) is 1. The fraction of sp³-hybridized carbons (Fsp3) is 0.200. The lowest BCUT2D eigenvalue weighted by Gasteiger charge is -2.12. The molecule has 5 heteroatoms. The van der Waals surface area contributed by atoms with Crippen LogP contribution in [0.2, 0.25) is 0 Å². The van der Waals surface area contributed by atoms with Gasteiger partial charge in [-0.1, -0.05) is 23.8 Å². The summed E-state index contributed by atoms with van der Waals surface area (Å²) < 4.78 is 26.9. The molecule has 0 aromatic heterocycles. The molecule has 0 aliphatic rings. The number of rotatable bonds is 3. The number of benzene rings is 2. The van der Waals surface area contributed by atoms with Crippen LogP contribution in [-0.2, 0) is 10.0 Å². The zero-order valence-electron chi connectivity index (χ0n) is 11.6.